The third kappa shape index (κ3) is 2.46. The Labute approximate surface area is 115 Å². The average Bonchev–Trinajstić information content (AvgIpc) is 2.29. The van der Waals surface area contributed by atoms with Crippen LogP contribution in [-0.2, 0) is 0 Å². The van der Waals surface area contributed by atoms with Crippen LogP contribution in [0.25, 0.3) is 0 Å². The van der Waals surface area contributed by atoms with Crippen molar-refractivity contribution >= 4 is 11.8 Å². The first-order chi connectivity index (χ1) is 9.12. The molecule has 1 aromatic heterocycles. The number of nitrogens with zero attached hydrogens (tertiary/aromatic N) is 3. The first-order valence-electron chi connectivity index (χ1n) is 5.96. The molecular weight excluding hydrogens is 266 g/mol. The summed E-state index contributed by atoms with van der Waals surface area (Å²) in [5, 5.41) is 2.56. The number of amidine groups is 1. The average molecular weight is 282 g/mol. The first kappa shape index (κ1) is 14.3. The molecule has 20 heavy (non-hydrogen) atoms. The Morgan fingerprint density at radius 2 is 1.85 bits per heavy atom. The van der Waals surface area contributed by atoms with Crippen LogP contribution >= 0.6 is 0 Å². The summed E-state index contributed by atoms with van der Waals surface area (Å²) in [5.74, 6) is -3.03. The zero-order chi connectivity index (χ0) is 15.1. The van der Waals surface area contributed by atoms with Gasteiger partial charge in [0.1, 0.15) is 5.69 Å². The molecule has 0 spiro atoms. The van der Waals surface area contributed by atoms with Gasteiger partial charge in [-0.2, -0.15) is 4.39 Å². The van der Waals surface area contributed by atoms with Crippen LogP contribution in [0.2, 0.25) is 0 Å². The van der Waals surface area contributed by atoms with Crippen molar-refractivity contribution in [2.24, 2.45) is 26.9 Å². The van der Waals surface area contributed by atoms with Gasteiger partial charge in [0.2, 0.25) is 11.7 Å². The zero-order valence-electron chi connectivity index (χ0n) is 11.4. The summed E-state index contributed by atoms with van der Waals surface area (Å²) >= 11 is 0. The quantitative estimate of drug-likeness (QED) is 0.659. The predicted octanol–water partition coefficient (Wildman–Crippen LogP) is 0.683. The van der Waals surface area contributed by atoms with Crippen molar-refractivity contribution in [1.82, 2.24) is 10.3 Å². The van der Waals surface area contributed by atoms with Crippen molar-refractivity contribution < 1.29 is 8.78 Å². The standard InChI is InChI=1S/C12H16F2N6/c1-11(2,3)12(16)19-9(18-10(15)20-12)8-6(13)4-5-7(14)17-8/h4-5H,16H2,1-3H3,(H3,15,18,19,20). The van der Waals surface area contributed by atoms with Gasteiger partial charge in [-0.25, -0.2) is 19.4 Å². The van der Waals surface area contributed by atoms with E-state index in [-0.39, 0.29) is 17.5 Å². The summed E-state index contributed by atoms with van der Waals surface area (Å²) in [4.78, 5) is 11.7. The molecule has 1 aliphatic rings. The van der Waals surface area contributed by atoms with Gasteiger partial charge in [0, 0.05) is 5.41 Å². The molecule has 0 radical (unpaired) electrons. The summed E-state index contributed by atoms with van der Waals surface area (Å²) in [6.07, 6.45) is 0. The lowest BCUT2D eigenvalue weighted by Gasteiger charge is -2.37. The van der Waals surface area contributed by atoms with Gasteiger partial charge in [-0.15, -0.1) is 0 Å². The smallest absolute Gasteiger partial charge is 0.213 e. The monoisotopic (exact) mass is 282 g/mol. The Morgan fingerprint density at radius 1 is 1.20 bits per heavy atom. The summed E-state index contributed by atoms with van der Waals surface area (Å²) in [6.45, 7) is 5.43. The van der Waals surface area contributed by atoms with Crippen LogP contribution in [0.1, 0.15) is 26.5 Å². The van der Waals surface area contributed by atoms with Crippen LogP contribution in [0, 0.1) is 17.2 Å². The molecule has 0 saturated heterocycles. The molecule has 0 amide bonds. The minimum atomic E-state index is -1.39. The topological polar surface area (TPSA) is 102 Å². The van der Waals surface area contributed by atoms with Crippen LogP contribution < -0.4 is 16.8 Å². The molecule has 1 atom stereocenters. The van der Waals surface area contributed by atoms with Crippen LogP contribution in [0.5, 0.6) is 0 Å². The molecule has 2 heterocycles. The van der Waals surface area contributed by atoms with E-state index in [9.17, 15) is 8.78 Å². The van der Waals surface area contributed by atoms with E-state index in [1.165, 1.54) is 0 Å². The maximum Gasteiger partial charge on any atom is 0.213 e. The number of pyridine rings is 1. The van der Waals surface area contributed by atoms with Crippen LogP contribution in [0.4, 0.5) is 8.78 Å². The van der Waals surface area contributed by atoms with Crippen molar-refractivity contribution in [2.45, 2.75) is 26.6 Å². The second-order valence-corrected chi connectivity index (χ2v) is 5.52. The molecule has 1 aromatic rings. The number of hydrogen-bond acceptors (Lipinski definition) is 6. The number of aliphatic imine (C=N–C) groups is 2. The zero-order valence-corrected chi connectivity index (χ0v) is 11.4. The Bertz CT molecular complexity index is 604. The minimum Gasteiger partial charge on any atom is -0.370 e. The van der Waals surface area contributed by atoms with Crippen molar-refractivity contribution in [3.05, 3.63) is 29.6 Å². The van der Waals surface area contributed by atoms with Crippen molar-refractivity contribution in [2.75, 3.05) is 0 Å². The number of nitrogens with two attached hydrogens (primary N) is 2. The van der Waals surface area contributed by atoms with Crippen LogP contribution in [0.3, 0.4) is 0 Å². The maximum absolute atomic E-state index is 13.8. The van der Waals surface area contributed by atoms with Crippen LogP contribution in [0.15, 0.2) is 22.1 Å². The highest BCUT2D eigenvalue weighted by Gasteiger charge is 2.41. The molecule has 0 bridgehead atoms. The molecule has 5 N–H and O–H groups in total. The number of nitrogens with one attached hydrogen (secondary N) is 1. The highest BCUT2D eigenvalue weighted by molar-refractivity contribution is 6.08. The third-order valence-electron chi connectivity index (χ3n) is 2.96. The van der Waals surface area contributed by atoms with Gasteiger partial charge in [0.15, 0.2) is 17.6 Å². The number of aromatic nitrogens is 1. The van der Waals surface area contributed by atoms with E-state index in [2.05, 4.69) is 20.3 Å². The third-order valence-corrected chi connectivity index (χ3v) is 2.96. The van der Waals surface area contributed by atoms with Gasteiger partial charge < -0.3 is 11.1 Å². The summed E-state index contributed by atoms with van der Waals surface area (Å²) < 4.78 is 26.9. The SMILES string of the molecule is CC(C)(C)C1(N)N=C(N)NC(c2nc(F)ccc2F)=N1. The summed E-state index contributed by atoms with van der Waals surface area (Å²) in [7, 11) is 0. The molecule has 2 rings (SSSR count). The van der Waals surface area contributed by atoms with Gasteiger partial charge in [-0.3, -0.25) is 5.73 Å². The molecule has 0 aromatic carbocycles. The first-order valence-corrected chi connectivity index (χ1v) is 5.96. The van der Waals surface area contributed by atoms with E-state index in [1.54, 1.807) is 0 Å². The molecule has 0 fully saturated rings. The molecule has 8 heteroatoms. The molecule has 108 valence electrons. The van der Waals surface area contributed by atoms with Gasteiger partial charge in [0.05, 0.1) is 0 Å². The van der Waals surface area contributed by atoms with Gasteiger partial charge >= 0.3 is 0 Å². The second kappa shape index (κ2) is 4.48. The second-order valence-electron chi connectivity index (χ2n) is 5.52. The fourth-order valence-corrected chi connectivity index (χ4v) is 1.59. The molecule has 1 aliphatic heterocycles. The Balaban J connectivity index is 2.55. The Morgan fingerprint density at radius 3 is 2.45 bits per heavy atom. The number of hydrogen-bond donors (Lipinski definition) is 3. The highest BCUT2D eigenvalue weighted by Crippen LogP contribution is 2.32. The number of halogens is 2. The fraction of sp³-hybridized carbons (Fsp3) is 0.417. The maximum atomic E-state index is 13.8. The lowest BCUT2D eigenvalue weighted by Crippen LogP contribution is -2.56. The lowest BCUT2D eigenvalue weighted by molar-refractivity contribution is 0.204. The normalized spacial score (nSPS) is 22.9. The van der Waals surface area contributed by atoms with E-state index in [0.29, 0.717) is 0 Å². The van der Waals surface area contributed by atoms with E-state index in [1.807, 2.05) is 20.8 Å². The molecule has 1 unspecified atom stereocenters. The van der Waals surface area contributed by atoms with Gasteiger partial charge in [-0.05, 0) is 12.1 Å². The summed E-state index contributed by atoms with van der Waals surface area (Å²) in [5.41, 5.74) is 10.9. The van der Waals surface area contributed by atoms with Crippen molar-refractivity contribution in [3.8, 4) is 0 Å². The minimum absolute atomic E-state index is 0.0297. The predicted molar refractivity (Wildman–Crippen MR) is 71.8 cm³/mol. The number of guanidine groups is 1. The van der Waals surface area contributed by atoms with E-state index < -0.39 is 23.0 Å². The molecule has 0 aliphatic carbocycles. The van der Waals surface area contributed by atoms with Crippen molar-refractivity contribution in [1.29, 1.82) is 0 Å². The fourth-order valence-electron chi connectivity index (χ4n) is 1.59. The van der Waals surface area contributed by atoms with Crippen molar-refractivity contribution in [3.63, 3.8) is 0 Å². The van der Waals surface area contributed by atoms with E-state index in [0.717, 1.165) is 12.1 Å². The molecular formula is C12H16F2N6. The number of rotatable bonds is 1. The van der Waals surface area contributed by atoms with E-state index in [4.69, 9.17) is 11.5 Å². The molecule has 0 saturated carbocycles. The molecule has 6 nitrogen and oxygen atoms in total. The van der Waals surface area contributed by atoms with E-state index >= 15 is 0 Å². The lowest BCUT2D eigenvalue weighted by atomic mass is 9.87. The largest absolute Gasteiger partial charge is 0.370 e. The highest BCUT2D eigenvalue weighted by atomic mass is 19.1. The van der Waals surface area contributed by atoms with Crippen LogP contribution in [-0.4, -0.2) is 22.6 Å². The Hall–Kier alpha value is -2.09. The van der Waals surface area contributed by atoms with Gasteiger partial charge in [-0.1, -0.05) is 20.8 Å². The van der Waals surface area contributed by atoms with Gasteiger partial charge in [0.25, 0.3) is 0 Å². The Kier molecular flexibility index (Phi) is 3.21. The summed E-state index contributed by atoms with van der Waals surface area (Å²) in [6, 6.07) is 1.87.